The minimum absolute atomic E-state index is 0.00743. The lowest BCUT2D eigenvalue weighted by Crippen LogP contribution is -2.57. The highest BCUT2D eigenvalue weighted by Gasteiger charge is 2.48. The first-order valence-corrected chi connectivity index (χ1v) is 9.50. The van der Waals surface area contributed by atoms with Gasteiger partial charge < -0.3 is 18.9 Å². The standard InChI is InChI=1S/C19H27NO9/c1-9(7-26-11(3)21)10(2)16(25)18-19(29-12(4)22)17(27-8-28-18)13-5-14(23)20-15(24)6-13/h9-10,13,17-19H,5-8H2,1-4H3,(H,20,23,24)/t9?,10-,17?,18?,19-/m0/s1. The summed E-state index contributed by atoms with van der Waals surface area (Å²) in [6, 6.07) is 0. The van der Waals surface area contributed by atoms with Gasteiger partial charge in [0.15, 0.2) is 18.0 Å². The van der Waals surface area contributed by atoms with Gasteiger partial charge in [-0.1, -0.05) is 13.8 Å². The van der Waals surface area contributed by atoms with Crippen LogP contribution in [0.5, 0.6) is 0 Å². The molecule has 2 heterocycles. The van der Waals surface area contributed by atoms with Crippen LogP contribution in [0, 0.1) is 17.8 Å². The van der Waals surface area contributed by atoms with Crippen molar-refractivity contribution in [2.45, 2.75) is 58.8 Å². The Kier molecular flexibility index (Phi) is 7.86. The van der Waals surface area contributed by atoms with Crippen molar-refractivity contribution >= 4 is 29.5 Å². The lowest BCUT2D eigenvalue weighted by molar-refractivity contribution is -0.248. The minimum atomic E-state index is -1.12. The Hall–Kier alpha value is -2.33. The van der Waals surface area contributed by atoms with E-state index in [4.69, 9.17) is 18.9 Å². The average molecular weight is 413 g/mol. The van der Waals surface area contributed by atoms with Gasteiger partial charge in [0.25, 0.3) is 0 Å². The molecule has 2 aliphatic rings. The van der Waals surface area contributed by atoms with E-state index in [1.807, 2.05) is 0 Å². The van der Waals surface area contributed by atoms with Gasteiger partial charge in [0.1, 0.15) is 12.9 Å². The molecule has 2 rings (SSSR count). The molecular weight excluding hydrogens is 386 g/mol. The van der Waals surface area contributed by atoms with E-state index in [2.05, 4.69) is 5.32 Å². The molecule has 0 radical (unpaired) electrons. The lowest BCUT2D eigenvalue weighted by atomic mass is 9.82. The highest BCUT2D eigenvalue weighted by molar-refractivity contribution is 5.97. The summed E-state index contributed by atoms with van der Waals surface area (Å²) in [6.07, 6.45) is -3.04. The molecule has 0 aromatic heterocycles. The zero-order valence-electron chi connectivity index (χ0n) is 17.0. The molecule has 3 unspecified atom stereocenters. The zero-order valence-corrected chi connectivity index (χ0v) is 17.0. The smallest absolute Gasteiger partial charge is 0.303 e. The fourth-order valence-electron chi connectivity index (χ4n) is 3.49. The van der Waals surface area contributed by atoms with Gasteiger partial charge in [0.05, 0.1) is 6.61 Å². The molecule has 1 N–H and O–H groups in total. The average Bonchev–Trinajstić information content (AvgIpc) is 2.63. The van der Waals surface area contributed by atoms with Crippen LogP contribution < -0.4 is 5.32 Å². The molecule has 10 nitrogen and oxygen atoms in total. The Morgan fingerprint density at radius 1 is 1.07 bits per heavy atom. The second kappa shape index (κ2) is 9.93. The Balaban J connectivity index is 2.19. The Morgan fingerprint density at radius 2 is 1.69 bits per heavy atom. The summed E-state index contributed by atoms with van der Waals surface area (Å²) in [5, 5.41) is 2.21. The quantitative estimate of drug-likeness (QED) is 0.456. The van der Waals surface area contributed by atoms with E-state index in [-0.39, 0.29) is 37.9 Å². The number of amides is 2. The van der Waals surface area contributed by atoms with Gasteiger partial charge in [-0.3, -0.25) is 29.3 Å². The number of hydrogen-bond acceptors (Lipinski definition) is 9. The third-order valence-electron chi connectivity index (χ3n) is 5.20. The summed E-state index contributed by atoms with van der Waals surface area (Å²) >= 11 is 0. The molecule has 0 bridgehead atoms. The number of hydrogen-bond donors (Lipinski definition) is 1. The van der Waals surface area contributed by atoms with Crippen LogP contribution in [-0.2, 0) is 42.9 Å². The highest BCUT2D eigenvalue weighted by atomic mass is 16.7. The fraction of sp³-hybridized carbons (Fsp3) is 0.737. The first-order valence-electron chi connectivity index (χ1n) is 9.50. The maximum absolute atomic E-state index is 13.1. The molecule has 29 heavy (non-hydrogen) atoms. The van der Waals surface area contributed by atoms with Gasteiger partial charge in [-0.05, 0) is 5.92 Å². The molecule has 0 aliphatic carbocycles. The number of carbonyl (C=O) groups excluding carboxylic acids is 5. The molecule has 0 aromatic carbocycles. The van der Waals surface area contributed by atoms with Gasteiger partial charge in [-0.2, -0.15) is 0 Å². The van der Waals surface area contributed by atoms with Gasteiger partial charge in [0, 0.05) is 38.5 Å². The second-order valence-corrected chi connectivity index (χ2v) is 7.52. The highest BCUT2D eigenvalue weighted by Crippen LogP contribution is 2.32. The van der Waals surface area contributed by atoms with Crippen LogP contribution in [0.1, 0.15) is 40.5 Å². The summed E-state index contributed by atoms with van der Waals surface area (Å²) in [5.41, 5.74) is 0. The van der Waals surface area contributed by atoms with Crippen LogP contribution in [0.15, 0.2) is 0 Å². The van der Waals surface area contributed by atoms with Crippen molar-refractivity contribution in [1.82, 2.24) is 5.32 Å². The number of rotatable bonds is 7. The normalized spacial score (nSPS) is 27.5. The SMILES string of the molecule is CC(=O)OCC(C)[C@H](C)C(=O)C1OCOC(C2CC(=O)NC(=O)C2)[C@@H]1OC(C)=O. The first-order chi connectivity index (χ1) is 13.6. The first kappa shape index (κ1) is 23.0. The van der Waals surface area contributed by atoms with Crippen LogP contribution >= 0.6 is 0 Å². The van der Waals surface area contributed by atoms with E-state index < -0.39 is 53.9 Å². The lowest BCUT2D eigenvalue weighted by Gasteiger charge is -2.41. The summed E-state index contributed by atoms with van der Waals surface area (Å²) in [5.74, 6) is -3.73. The summed E-state index contributed by atoms with van der Waals surface area (Å²) < 4.78 is 21.4. The predicted molar refractivity (Wildman–Crippen MR) is 96.0 cm³/mol. The number of Topliss-reactive ketones (excluding diaryl/α,β-unsaturated/α-hetero) is 1. The van der Waals surface area contributed by atoms with Crippen molar-refractivity contribution in [3.8, 4) is 0 Å². The van der Waals surface area contributed by atoms with E-state index >= 15 is 0 Å². The Morgan fingerprint density at radius 3 is 2.24 bits per heavy atom. The maximum Gasteiger partial charge on any atom is 0.303 e. The number of piperidine rings is 1. The number of ether oxygens (including phenoxy) is 4. The number of nitrogens with one attached hydrogen (secondary N) is 1. The maximum atomic E-state index is 13.1. The Bertz CT molecular complexity index is 661. The van der Waals surface area contributed by atoms with E-state index in [0.717, 1.165) is 0 Å². The van der Waals surface area contributed by atoms with E-state index in [1.54, 1.807) is 13.8 Å². The van der Waals surface area contributed by atoms with E-state index in [1.165, 1.54) is 13.8 Å². The second-order valence-electron chi connectivity index (χ2n) is 7.52. The summed E-state index contributed by atoms with van der Waals surface area (Å²) in [7, 11) is 0. The number of ketones is 1. The van der Waals surface area contributed by atoms with Gasteiger partial charge in [-0.25, -0.2) is 0 Å². The molecule has 2 amide bonds. The van der Waals surface area contributed by atoms with Crippen LogP contribution in [0.4, 0.5) is 0 Å². The van der Waals surface area contributed by atoms with Crippen molar-refractivity contribution in [2.24, 2.45) is 17.8 Å². The number of carbonyl (C=O) groups is 5. The van der Waals surface area contributed by atoms with Gasteiger partial charge in [-0.15, -0.1) is 0 Å². The summed E-state index contributed by atoms with van der Waals surface area (Å²) in [6.45, 7) is 5.73. The van der Waals surface area contributed by atoms with Crippen LogP contribution in [0.2, 0.25) is 0 Å². The topological polar surface area (TPSA) is 134 Å². The van der Waals surface area contributed by atoms with Crippen molar-refractivity contribution in [3.63, 3.8) is 0 Å². The van der Waals surface area contributed by atoms with Crippen molar-refractivity contribution in [3.05, 3.63) is 0 Å². The van der Waals surface area contributed by atoms with E-state index in [9.17, 15) is 24.0 Å². The molecule has 0 spiro atoms. The van der Waals surface area contributed by atoms with Crippen LogP contribution in [0.25, 0.3) is 0 Å². The molecule has 2 aliphatic heterocycles. The monoisotopic (exact) mass is 413 g/mol. The molecule has 0 saturated carbocycles. The molecule has 2 fully saturated rings. The van der Waals surface area contributed by atoms with Crippen molar-refractivity contribution < 1.29 is 42.9 Å². The van der Waals surface area contributed by atoms with Crippen LogP contribution in [0.3, 0.4) is 0 Å². The van der Waals surface area contributed by atoms with Crippen molar-refractivity contribution in [2.75, 3.05) is 13.4 Å². The fourth-order valence-corrected chi connectivity index (χ4v) is 3.49. The molecule has 10 heteroatoms. The number of esters is 2. The number of imide groups is 1. The van der Waals surface area contributed by atoms with Gasteiger partial charge in [0.2, 0.25) is 11.8 Å². The largest absolute Gasteiger partial charge is 0.466 e. The molecular formula is C19H27NO9. The third kappa shape index (κ3) is 6.07. The molecule has 162 valence electrons. The van der Waals surface area contributed by atoms with E-state index in [0.29, 0.717) is 0 Å². The Labute approximate surface area is 168 Å². The molecule has 0 aromatic rings. The van der Waals surface area contributed by atoms with Crippen molar-refractivity contribution in [1.29, 1.82) is 0 Å². The van der Waals surface area contributed by atoms with Gasteiger partial charge >= 0.3 is 11.9 Å². The predicted octanol–water partition coefficient (Wildman–Crippen LogP) is 0.117. The minimum Gasteiger partial charge on any atom is -0.466 e. The molecule has 2 saturated heterocycles. The molecule has 5 atom stereocenters. The zero-order chi connectivity index (χ0) is 21.7. The third-order valence-corrected chi connectivity index (χ3v) is 5.20. The summed E-state index contributed by atoms with van der Waals surface area (Å²) in [4.78, 5) is 59.3. The van der Waals surface area contributed by atoms with Crippen LogP contribution in [-0.4, -0.2) is 61.2 Å².